The lowest BCUT2D eigenvalue weighted by Crippen LogP contribution is -2.18. The molecule has 0 radical (unpaired) electrons. The molecule has 100 valence electrons. The first-order valence-corrected chi connectivity index (χ1v) is 6.11. The predicted octanol–water partition coefficient (Wildman–Crippen LogP) is 2.11. The average Bonchev–Trinajstić information content (AvgIpc) is 2.86. The lowest BCUT2D eigenvalue weighted by Gasteiger charge is -2.10. The first-order valence-electron chi connectivity index (χ1n) is 6.11. The number of carboxylic acid groups (broad SMARTS) is 1. The van der Waals surface area contributed by atoms with Crippen LogP contribution < -0.4 is 0 Å². The molecule has 1 unspecified atom stereocenters. The number of aromatic nitrogens is 4. The third-order valence-corrected chi connectivity index (χ3v) is 3.05. The summed E-state index contributed by atoms with van der Waals surface area (Å²) in [6.07, 6.45) is 0. The summed E-state index contributed by atoms with van der Waals surface area (Å²) in [6.45, 7) is 5.78. The number of nitrogens with zero attached hydrogens (tertiary/aromatic N) is 4. The summed E-state index contributed by atoms with van der Waals surface area (Å²) in [5.41, 5.74) is 2.02. The molecule has 2 aromatic rings. The van der Waals surface area contributed by atoms with Crippen molar-refractivity contribution in [1.29, 1.82) is 0 Å². The first kappa shape index (κ1) is 13.2. The zero-order chi connectivity index (χ0) is 14.0. The molecule has 0 bridgehead atoms. The number of carboxylic acids is 1. The second-order valence-corrected chi connectivity index (χ2v) is 4.74. The molecule has 0 aliphatic carbocycles. The first-order chi connectivity index (χ1) is 9.00. The molecule has 0 saturated heterocycles. The minimum Gasteiger partial charge on any atom is -0.480 e. The molecule has 6 heteroatoms. The topological polar surface area (TPSA) is 80.9 Å². The van der Waals surface area contributed by atoms with Crippen LogP contribution in [0.25, 0.3) is 11.4 Å². The fraction of sp³-hybridized carbons (Fsp3) is 0.385. The van der Waals surface area contributed by atoms with Gasteiger partial charge in [0, 0.05) is 5.56 Å². The van der Waals surface area contributed by atoms with E-state index in [1.807, 2.05) is 24.3 Å². The van der Waals surface area contributed by atoms with Crippen LogP contribution in [-0.4, -0.2) is 31.3 Å². The third kappa shape index (κ3) is 2.62. The largest absolute Gasteiger partial charge is 0.480 e. The van der Waals surface area contributed by atoms with E-state index in [0.717, 1.165) is 5.56 Å². The number of benzene rings is 1. The summed E-state index contributed by atoms with van der Waals surface area (Å²) in [4.78, 5) is 11.0. The van der Waals surface area contributed by atoms with Gasteiger partial charge in [0.05, 0.1) is 0 Å². The summed E-state index contributed by atoms with van der Waals surface area (Å²) in [7, 11) is 0. The van der Waals surface area contributed by atoms with Crippen LogP contribution in [0.1, 0.15) is 38.3 Å². The molecule has 1 N–H and O–H groups in total. The quantitative estimate of drug-likeness (QED) is 0.910. The lowest BCUT2D eigenvalue weighted by molar-refractivity contribution is -0.140. The van der Waals surface area contributed by atoms with Crippen LogP contribution in [0.5, 0.6) is 0 Å². The van der Waals surface area contributed by atoms with Crippen molar-refractivity contribution in [2.75, 3.05) is 0 Å². The van der Waals surface area contributed by atoms with Crippen molar-refractivity contribution >= 4 is 5.97 Å². The van der Waals surface area contributed by atoms with Gasteiger partial charge in [-0.15, -0.1) is 5.10 Å². The van der Waals surface area contributed by atoms with Crippen LogP contribution in [0.3, 0.4) is 0 Å². The van der Waals surface area contributed by atoms with Gasteiger partial charge < -0.3 is 5.11 Å². The van der Waals surface area contributed by atoms with Crippen LogP contribution in [-0.2, 0) is 4.79 Å². The number of rotatable bonds is 4. The Hall–Kier alpha value is -2.24. The highest BCUT2D eigenvalue weighted by Crippen LogP contribution is 2.22. The van der Waals surface area contributed by atoms with Gasteiger partial charge in [-0.25, -0.2) is 9.48 Å². The van der Waals surface area contributed by atoms with Crippen LogP contribution in [0.2, 0.25) is 0 Å². The van der Waals surface area contributed by atoms with Gasteiger partial charge in [-0.3, -0.25) is 0 Å². The molecule has 2 rings (SSSR count). The maximum Gasteiger partial charge on any atom is 0.328 e. The maximum atomic E-state index is 11.0. The third-order valence-electron chi connectivity index (χ3n) is 3.05. The van der Waals surface area contributed by atoms with Gasteiger partial charge in [-0.05, 0) is 28.8 Å². The molecular formula is C13H16N4O2. The van der Waals surface area contributed by atoms with E-state index in [1.165, 1.54) is 10.2 Å². The minimum atomic E-state index is -0.965. The Labute approximate surface area is 111 Å². The Morgan fingerprint density at radius 3 is 2.37 bits per heavy atom. The van der Waals surface area contributed by atoms with Gasteiger partial charge in [-0.2, -0.15) is 0 Å². The maximum absolute atomic E-state index is 11.0. The van der Waals surface area contributed by atoms with Crippen molar-refractivity contribution in [2.45, 2.75) is 32.7 Å². The normalized spacial score (nSPS) is 12.6. The van der Waals surface area contributed by atoms with Gasteiger partial charge >= 0.3 is 5.97 Å². The summed E-state index contributed by atoms with van der Waals surface area (Å²) in [5.74, 6) is -0.0551. The van der Waals surface area contributed by atoms with Crippen molar-refractivity contribution < 1.29 is 9.90 Å². The molecule has 0 spiro atoms. The number of hydrogen-bond donors (Lipinski definition) is 1. The van der Waals surface area contributed by atoms with Crippen molar-refractivity contribution in [3.63, 3.8) is 0 Å². The molecule has 1 aromatic carbocycles. The number of carbonyl (C=O) groups is 1. The van der Waals surface area contributed by atoms with E-state index in [0.29, 0.717) is 11.7 Å². The SMILES string of the molecule is CC(C)c1ccc(-c2nnnn2C(C)C(=O)O)cc1. The zero-order valence-electron chi connectivity index (χ0n) is 11.1. The number of hydrogen-bond acceptors (Lipinski definition) is 4. The van der Waals surface area contributed by atoms with Crippen molar-refractivity contribution in [3.8, 4) is 11.4 Å². The zero-order valence-corrected chi connectivity index (χ0v) is 11.1. The second kappa shape index (κ2) is 5.17. The van der Waals surface area contributed by atoms with Crippen molar-refractivity contribution in [1.82, 2.24) is 20.2 Å². The Kier molecular flexibility index (Phi) is 3.59. The summed E-state index contributed by atoms with van der Waals surface area (Å²) in [5, 5.41) is 20.2. The van der Waals surface area contributed by atoms with Gasteiger partial charge in [0.25, 0.3) is 0 Å². The van der Waals surface area contributed by atoms with E-state index < -0.39 is 12.0 Å². The molecule has 0 fully saturated rings. The predicted molar refractivity (Wildman–Crippen MR) is 69.7 cm³/mol. The second-order valence-electron chi connectivity index (χ2n) is 4.74. The van der Waals surface area contributed by atoms with E-state index in [-0.39, 0.29) is 0 Å². The Morgan fingerprint density at radius 1 is 1.21 bits per heavy atom. The van der Waals surface area contributed by atoms with E-state index in [1.54, 1.807) is 6.92 Å². The van der Waals surface area contributed by atoms with E-state index in [2.05, 4.69) is 29.4 Å². The molecule has 19 heavy (non-hydrogen) atoms. The Balaban J connectivity index is 2.37. The van der Waals surface area contributed by atoms with E-state index in [9.17, 15) is 4.79 Å². The van der Waals surface area contributed by atoms with Crippen molar-refractivity contribution in [3.05, 3.63) is 29.8 Å². The average molecular weight is 260 g/mol. The van der Waals surface area contributed by atoms with Gasteiger partial charge in [0.15, 0.2) is 11.9 Å². The lowest BCUT2D eigenvalue weighted by atomic mass is 10.0. The number of tetrazole rings is 1. The molecule has 0 amide bonds. The molecule has 1 aromatic heterocycles. The Morgan fingerprint density at radius 2 is 1.84 bits per heavy atom. The molecule has 6 nitrogen and oxygen atoms in total. The standard InChI is InChI=1S/C13H16N4O2/c1-8(2)10-4-6-11(7-5-10)12-14-15-16-17(12)9(3)13(18)19/h4-9H,1-3H3,(H,18,19). The van der Waals surface area contributed by atoms with E-state index in [4.69, 9.17) is 5.11 Å². The van der Waals surface area contributed by atoms with Crippen LogP contribution >= 0.6 is 0 Å². The molecule has 0 saturated carbocycles. The van der Waals surface area contributed by atoms with Crippen molar-refractivity contribution in [2.24, 2.45) is 0 Å². The summed E-state index contributed by atoms with van der Waals surface area (Å²) in [6, 6.07) is 7.03. The monoisotopic (exact) mass is 260 g/mol. The summed E-state index contributed by atoms with van der Waals surface area (Å²) < 4.78 is 1.31. The minimum absolute atomic E-state index is 0.447. The number of aliphatic carboxylic acids is 1. The van der Waals surface area contributed by atoms with Gasteiger partial charge in [-0.1, -0.05) is 38.1 Å². The van der Waals surface area contributed by atoms with Gasteiger partial charge in [0.1, 0.15) is 0 Å². The van der Waals surface area contributed by atoms with Gasteiger partial charge in [0.2, 0.25) is 0 Å². The van der Waals surface area contributed by atoms with Crippen LogP contribution in [0, 0.1) is 0 Å². The molecule has 1 atom stereocenters. The van der Waals surface area contributed by atoms with Crippen LogP contribution in [0.4, 0.5) is 0 Å². The Bertz CT molecular complexity index is 575. The smallest absolute Gasteiger partial charge is 0.328 e. The highest BCUT2D eigenvalue weighted by molar-refractivity contribution is 5.72. The molecule has 0 aliphatic heterocycles. The highest BCUT2D eigenvalue weighted by Gasteiger charge is 2.20. The fourth-order valence-corrected chi connectivity index (χ4v) is 1.77. The van der Waals surface area contributed by atoms with Crippen LogP contribution in [0.15, 0.2) is 24.3 Å². The molecule has 0 aliphatic rings. The molecular weight excluding hydrogens is 244 g/mol. The fourth-order valence-electron chi connectivity index (χ4n) is 1.77. The molecule has 1 heterocycles. The van der Waals surface area contributed by atoms with E-state index >= 15 is 0 Å². The highest BCUT2D eigenvalue weighted by atomic mass is 16.4. The summed E-state index contributed by atoms with van der Waals surface area (Å²) >= 11 is 0.